The minimum Gasteiger partial charge on any atom is -0.462 e. The van der Waals surface area contributed by atoms with Crippen LogP contribution < -0.4 is 5.32 Å². The van der Waals surface area contributed by atoms with Crippen LogP contribution in [0.4, 0.5) is 0 Å². The number of hydrogen-bond donors (Lipinski definition) is 3. The molecule has 0 saturated heterocycles. The van der Waals surface area contributed by atoms with Gasteiger partial charge in [-0.2, -0.15) is 0 Å². The van der Waals surface area contributed by atoms with E-state index in [-0.39, 0.29) is 24.9 Å². The van der Waals surface area contributed by atoms with Crippen LogP contribution >= 0.6 is 0 Å². The molecule has 0 aliphatic carbocycles. The third-order valence-corrected chi connectivity index (χ3v) is 10.4. The summed E-state index contributed by atoms with van der Waals surface area (Å²) in [6.45, 7) is 6.30. The molecule has 3 atom stereocenters. The van der Waals surface area contributed by atoms with Crippen molar-refractivity contribution in [1.82, 2.24) is 5.32 Å². The normalized spacial score (nSPS) is 13.9. The van der Waals surface area contributed by atoms with Crippen molar-refractivity contribution in [3.63, 3.8) is 0 Å². The molecule has 0 spiro atoms. The summed E-state index contributed by atoms with van der Waals surface area (Å²) in [6, 6.07) is -0.712. The maximum absolute atomic E-state index is 13.1. The molecule has 56 heavy (non-hydrogen) atoms. The van der Waals surface area contributed by atoms with E-state index in [1.165, 1.54) is 64.2 Å². The summed E-state index contributed by atoms with van der Waals surface area (Å²) in [5.41, 5.74) is 0. The average Bonchev–Trinajstić information content (AvgIpc) is 3.19. The van der Waals surface area contributed by atoms with E-state index in [1.54, 1.807) is 0 Å². The fourth-order valence-corrected chi connectivity index (χ4v) is 6.79. The molecule has 0 radical (unpaired) electrons. The maximum Gasteiger partial charge on any atom is 0.306 e. The fourth-order valence-electron chi connectivity index (χ4n) is 6.79. The molecule has 0 aromatic heterocycles. The minimum atomic E-state index is -0.796. The van der Waals surface area contributed by atoms with Crippen LogP contribution in [0.25, 0.3) is 0 Å². The Kier molecular flexibility index (Phi) is 41.8. The van der Waals surface area contributed by atoms with Gasteiger partial charge in [0.25, 0.3) is 0 Å². The van der Waals surface area contributed by atoms with Crippen molar-refractivity contribution < 1.29 is 24.5 Å². The van der Waals surface area contributed by atoms with E-state index in [0.29, 0.717) is 19.3 Å². The van der Waals surface area contributed by atoms with Crippen molar-refractivity contribution in [2.45, 2.75) is 238 Å². The summed E-state index contributed by atoms with van der Waals surface area (Å²) in [5.74, 6) is -0.524. The lowest BCUT2D eigenvalue weighted by Gasteiger charge is -2.24. The molecule has 1 amide bonds. The average molecular weight is 784 g/mol. The van der Waals surface area contributed by atoms with Gasteiger partial charge in [0.15, 0.2) is 0 Å². The van der Waals surface area contributed by atoms with Gasteiger partial charge in [0.2, 0.25) is 5.91 Å². The number of nitrogens with one attached hydrogen (secondary N) is 1. The Labute approximate surface area is 346 Å². The first kappa shape index (κ1) is 53.6. The number of ether oxygens (including phenoxy) is 1. The molecule has 0 heterocycles. The number of carbonyl (C=O) groups excluding carboxylic acids is 2. The van der Waals surface area contributed by atoms with Crippen LogP contribution in [0, 0.1) is 0 Å². The van der Waals surface area contributed by atoms with E-state index < -0.39 is 18.2 Å². The molecule has 0 aromatic rings. The molecule has 6 nitrogen and oxygen atoms in total. The van der Waals surface area contributed by atoms with E-state index in [9.17, 15) is 19.8 Å². The predicted molar refractivity (Wildman–Crippen MR) is 241 cm³/mol. The van der Waals surface area contributed by atoms with Gasteiger partial charge in [-0.15, -0.1) is 0 Å². The van der Waals surface area contributed by atoms with Crippen LogP contribution in [0.2, 0.25) is 0 Å². The zero-order valence-electron chi connectivity index (χ0n) is 36.8. The molecule has 0 saturated carbocycles. The predicted octanol–water partition coefficient (Wildman–Crippen LogP) is 13.7. The van der Waals surface area contributed by atoms with Gasteiger partial charge in [-0.25, -0.2) is 0 Å². The van der Waals surface area contributed by atoms with Crippen LogP contribution in [0.3, 0.4) is 0 Å². The van der Waals surface area contributed by atoms with E-state index >= 15 is 0 Å². The molecule has 3 N–H and O–H groups in total. The number of aliphatic hydroxyl groups is 2. The zero-order chi connectivity index (χ0) is 41.0. The monoisotopic (exact) mass is 784 g/mol. The lowest BCUT2D eigenvalue weighted by molar-refractivity contribution is -0.151. The Morgan fingerprint density at radius 2 is 1.02 bits per heavy atom. The number of hydrogen-bond acceptors (Lipinski definition) is 5. The minimum absolute atomic E-state index is 0.0531. The molecule has 0 aromatic carbocycles. The van der Waals surface area contributed by atoms with Crippen LogP contribution in [0.1, 0.15) is 220 Å². The van der Waals surface area contributed by atoms with Gasteiger partial charge in [-0.05, 0) is 83.5 Å². The Hall–Kier alpha value is -2.44. The second-order valence-electron chi connectivity index (χ2n) is 15.8. The third kappa shape index (κ3) is 38.4. The number of aliphatic hydroxyl groups excluding tert-OH is 2. The zero-order valence-corrected chi connectivity index (χ0v) is 36.8. The van der Waals surface area contributed by atoms with Gasteiger partial charge >= 0.3 is 5.97 Å². The Morgan fingerprint density at radius 1 is 0.554 bits per heavy atom. The van der Waals surface area contributed by atoms with Crippen LogP contribution in [-0.2, 0) is 14.3 Å². The fraction of sp³-hybridized carbons (Fsp3) is 0.760. The Balaban J connectivity index is 4.68. The maximum atomic E-state index is 13.1. The smallest absolute Gasteiger partial charge is 0.306 e. The quantitative estimate of drug-likeness (QED) is 0.0248. The first-order valence-electron chi connectivity index (χ1n) is 23.5. The molecule has 0 bridgehead atoms. The summed E-state index contributed by atoms with van der Waals surface area (Å²) in [6.07, 6.45) is 52.7. The first-order chi connectivity index (χ1) is 27.5. The Morgan fingerprint density at radius 3 is 1.61 bits per heavy atom. The topological polar surface area (TPSA) is 95.9 Å². The number of rotatable bonds is 41. The number of esters is 1. The second-order valence-corrected chi connectivity index (χ2v) is 15.8. The Bertz CT molecular complexity index is 1010. The van der Waals surface area contributed by atoms with Crippen molar-refractivity contribution in [2.24, 2.45) is 0 Å². The summed E-state index contributed by atoms with van der Waals surface area (Å²) >= 11 is 0. The van der Waals surface area contributed by atoms with Crippen LogP contribution in [0.5, 0.6) is 0 Å². The van der Waals surface area contributed by atoms with E-state index in [2.05, 4.69) is 86.8 Å². The summed E-state index contributed by atoms with van der Waals surface area (Å²) in [7, 11) is 0. The molecular formula is C50H89NO5. The highest BCUT2D eigenvalue weighted by molar-refractivity contribution is 5.77. The highest BCUT2D eigenvalue weighted by Crippen LogP contribution is 2.17. The molecule has 0 aliphatic rings. The standard InChI is InChI=1S/C50H89NO5/c1-4-7-10-13-16-19-22-24-26-28-31-34-37-40-43-50(55)56-46(41-38-35-32-29-27-25-23-20-17-14-11-8-5-2)44-49(54)51-47(45-52)48(53)42-39-36-33-30-21-18-15-12-9-6-3/h7,10,16-17,19-20,23-26,46-48,52-53H,4-6,8-9,11-15,18,21-22,27-45H2,1-3H3,(H,51,54)/b10-7+,19-16+,20-17+,25-23+,26-24+. The number of amides is 1. The van der Waals surface area contributed by atoms with E-state index in [4.69, 9.17) is 4.74 Å². The molecule has 0 aliphatic heterocycles. The van der Waals surface area contributed by atoms with Crippen molar-refractivity contribution in [2.75, 3.05) is 6.61 Å². The molecule has 3 unspecified atom stereocenters. The van der Waals surface area contributed by atoms with Gasteiger partial charge < -0.3 is 20.3 Å². The van der Waals surface area contributed by atoms with E-state index in [1.807, 2.05) is 0 Å². The number of carbonyl (C=O) groups is 2. The van der Waals surface area contributed by atoms with E-state index in [0.717, 1.165) is 109 Å². The third-order valence-electron chi connectivity index (χ3n) is 10.4. The van der Waals surface area contributed by atoms with Crippen molar-refractivity contribution >= 4 is 11.9 Å². The van der Waals surface area contributed by atoms with Crippen molar-refractivity contribution in [1.29, 1.82) is 0 Å². The summed E-state index contributed by atoms with van der Waals surface area (Å²) < 4.78 is 5.89. The molecule has 0 fully saturated rings. The first-order valence-corrected chi connectivity index (χ1v) is 23.5. The number of allylic oxidation sites excluding steroid dienone is 10. The molecule has 324 valence electrons. The lowest BCUT2D eigenvalue weighted by atomic mass is 10.0. The SMILES string of the molecule is CC/C=C/C/C=C/C/C=C/CCCCCCC(=O)OC(CCCCCC/C=C/C=C/CCCCC)CC(=O)NC(CO)C(O)CCCCCCCCCCCC. The van der Waals surface area contributed by atoms with Crippen molar-refractivity contribution in [3.05, 3.63) is 60.8 Å². The summed E-state index contributed by atoms with van der Waals surface area (Å²) in [4.78, 5) is 26.0. The van der Waals surface area contributed by atoms with Gasteiger partial charge in [0.1, 0.15) is 6.10 Å². The van der Waals surface area contributed by atoms with Gasteiger partial charge in [0.05, 0.1) is 25.2 Å². The summed E-state index contributed by atoms with van der Waals surface area (Å²) in [5, 5.41) is 23.6. The largest absolute Gasteiger partial charge is 0.462 e. The molecule has 0 rings (SSSR count). The van der Waals surface area contributed by atoms with Crippen molar-refractivity contribution in [3.8, 4) is 0 Å². The van der Waals surface area contributed by atoms with Gasteiger partial charge in [0, 0.05) is 6.42 Å². The van der Waals surface area contributed by atoms with Crippen LogP contribution in [0.15, 0.2) is 60.8 Å². The van der Waals surface area contributed by atoms with Gasteiger partial charge in [-0.3, -0.25) is 9.59 Å². The highest BCUT2D eigenvalue weighted by Gasteiger charge is 2.24. The lowest BCUT2D eigenvalue weighted by Crippen LogP contribution is -2.46. The van der Waals surface area contributed by atoms with Crippen LogP contribution in [-0.4, -0.2) is 46.9 Å². The number of unbranched alkanes of at least 4 members (excludes halogenated alkanes) is 20. The highest BCUT2D eigenvalue weighted by atomic mass is 16.5. The molecular weight excluding hydrogens is 695 g/mol. The second kappa shape index (κ2) is 43.7. The molecule has 6 heteroatoms. The van der Waals surface area contributed by atoms with Gasteiger partial charge in [-0.1, -0.05) is 184 Å².